The van der Waals surface area contributed by atoms with Crippen LogP contribution in [0.3, 0.4) is 0 Å². The van der Waals surface area contributed by atoms with Crippen LogP contribution in [0.1, 0.15) is 23.4 Å². The molecule has 0 aliphatic heterocycles. The lowest BCUT2D eigenvalue weighted by atomic mass is 10.2. The van der Waals surface area contributed by atoms with Gasteiger partial charge in [-0.15, -0.1) is 4.36 Å². The molecule has 0 aromatic carbocycles. The summed E-state index contributed by atoms with van der Waals surface area (Å²) in [6.07, 6.45) is -1.25. The van der Waals surface area contributed by atoms with Gasteiger partial charge >= 0.3 is 11.9 Å². The Morgan fingerprint density at radius 1 is 1.53 bits per heavy atom. The van der Waals surface area contributed by atoms with Crippen molar-refractivity contribution in [1.29, 1.82) is 5.26 Å². The fourth-order valence-corrected chi connectivity index (χ4v) is 2.35. The average Bonchev–Trinajstić information content (AvgIpc) is 2.26. The molecule has 0 amide bonds. The van der Waals surface area contributed by atoms with Gasteiger partial charge in [0.2, 0.25) is 12.4 Å². The van der Waals surface area contributed by atoms with Gasteiger partial charge in [-0.1, -0.05) is 0 Å². The predicted molar refractivity (Wildman–Crippen MR) is 59.3 cm³/mol. The molecule has 0 radical (unpaired) electrons. The van der Waals surface area contributed by atoms with Crippen molar-refractivity contribution < 1.29 is 27.3 Å². The number of halogens is 3. The highest BCUT2D eigenvalue weighted by molar-refractivity contribution is 7.93. The van der Waals surface area contributed by atoms with Gasteiger partial charge in [0.05, 0.1) is 15.0 Å². The normalized spacial score (nSPS) is 16.2. The minimum absolute atomic E-state index is 0.0757. The summed E-state index contributed by atoms with van der Waals surface area (Å²) in [5.74, 6) is 0. The van der Waals surface area contributed by atoms with E-state index in [0.717, 1.165) is 12.3 Å². The molecule has 0 bridgehead atoms. The third-order valence-electron chi connectivity index (χ3n) is 2.59. The van der Waals surface area contributed by atoms with Gasteiger partial charge in [0.15, 0.2) is 0 Å². The van der Waals surface area contributed by atoms with Gasteiger partial charge < -0.3 is 0 Å². The Labute approximate surface area is 108 Å². The van der Waals surface area contributed by atoms with E-state index < -0.39 is 26.8 Å². The van der Waals surface area contributed by atoms with Crippen molar-refractivity contribution in [3.05, 3.63) is 29.6 Å². The summed E-state index contributed by atoms with van der Waals surface area (Å²) in [5, 5.41) is 16.9. The minimum Gasteiger partial charge on any atom is -0.285 e. The molecule has 1 aromatic heterocycles. The largest absolute Gasteiger partial charge is 0.482 e. The van der Waals surface area contributed by atoms with E-state index in [0.29, 0.717) is 6.07 Å². The Bertz CT molecular complexity index is 642. The maximum absolute atomic E-state index is 12.4. The van der Waals surface area contributed by atoms with Gasteiger partial charge in [-0.05, 0) is 13.0 Å². The van der Waals surface area contributed by atoms with Crippen LogP contribution < -0.4 is 4.73 Å². The number of alkyl halides is 3. The molecule has 0 saturated heterocycles. The SMILES string of the molecule is CC(c1ccc(C(F)(F)F)[n+](O)c1)S(C)(=O)=NC#N. The standard InChI is InChI=1S/C10H11F3N3O2S/c1-7(19(2,18)15-6-14)8-3-4-9(10(11,12)13)16(17)5-8/h3-5,7,17H,1-2H3/q+1. The highest BCUT2D eigenvalue weighted by atomic mass is 32.2. The van der Waals surface area contributed by atoms with Gasteiger partial charge in [-0.3, -0.25) is 5.21 Å². The number of aromatic nitrogens is 1. The van der Waals surface area contributed by atoms with Crippen molar-refractivity contribution in [3.8, 4) is 6.19 Å². The number of hydrogen-bond donors (Lipinski definition) is 1. The average molecular weight is 294 g/mol. The summed E-state index contributed by atoms with van der Waals surface area (Å²) in [6.45, 7) is 1.45. The maximum atomic E-state index is 12.4. The summed E-state index contributed by atoms with van der Waals surface area (Å²) in [4.78, 5) is 0. The molecule has 0 aliphatic carbocycles. The molecule has 0 aliphatic rings. The molecule has 0 saturated carbocycles. The van der Waals surface area contributed by atoms with Crippen LogP contribution >= 0.6 is 0 Å². The van der Waals surface area contributed by atoms with E-state index in [-0.39, 0.29) is 10.3 Å². The zero-order valence-corrected chi connectivity index (χ0v) is 10.9. The first kappa shape index (κ1) is 15.2. The van der Waals surface area contributed by atoms with E-state index in [1.165, 1.54) is 19.4 Å². The Morgan fingerprint density at radius 2 is 2.11 bits per heavy atom. The number of nitrogens with zero attached hydrogens (tertiary/aromatic N) is 3. The lowest BCUT2D eigenvalue weighted by Crippen LogP contribution is -2.40. The molecular formula is C10H11F3N3O2S+. The summed E-state index contributed by atoms with van der Waals surface area (Å²) in [6, 6.07) is 1.77. The highest BCUT2D eigenvalue weighted by Gasteiger charge is 2.42. The van der Waals surface area contributed by atoms with Crippen molar-refractivity contribution in [3.63, 3.8) is 0 Å². The lowest BCUT2D eigenvalue weighted by molar-refractivity contribution is -0.915. The van der Waals surface area contributed by atoms with Gasteiger partial charge in [0.1, 0.15) is 0 Å². The van der Waals surface area contributed by atoms with Crippen LogP contribution in [0.4, 0.5) is 13.2 Å². The Morgan fingerprint density at radius 3 is 2.53 bits per heavy atom. The molecule has 19 heavy (non-hydrogen) atoms. The van der Waals surface area contributed by atoms with Crippen LogP contribution in [0.25, 0.3) is 0 Å². The smallest absolute Gasteiger partial charge is 0.285 e. The molecule has 0 spiro atoms. The first-order valence-electron chi connectivity index (χ1n) is 5.00. The number of hydrogen-bond acceptors (Lipinski definition) is 4. The van der Waals surface area contributed by atoms with Crippen LogP contribution in [0.5, 0.6) is 0 Å². The number of rotatable bonds is 2. The lowest BCUT2D eigenvalue weighted by Gasteiger charge is -2.11. The fraction of sp³-hybridized carbons (Fsp3) is 0.400. The van der Waals surface area contributed by atoms with E-state index in [4.69, 9.17) is 5.26 Å². The third-order valence-corrected chi connectivity index (χ3v) is 4.62. The van der Waals surface area contributed by atoms with E-state index in [2.05, 4.69) is 4.36 Å². The van der Waals surface area contributed by atoms with Crippen LogP contribution in [0.2, 0.25) is 0 Å². The number of pyridine rings is 1. The van der Waals surface area contributed by atoms with E-state index in [1.54, 1.807) is 0 Å². The van der Waals surface area contributed by atoms with Gasteiger partial charge in [0, 0.05) is 22.6 Å². The van der Waals surface area contributed by atoms with Crippen molar-refractivity contribution in [2.45, 2.75) is 18.3 Å². The van der Waals surface area contributed by atoms with Crippen LogP contribution in [0, 0.1) is 11.5 Å². The number of nitriles is 1. The molecule has 2 atom stereocenters. The second-order valence-corrected chi connectivity index (χ2v) is 6.50. The van der Waals surface area contributed by atoms with E-state index >= 15 is 0 Å². The quantitative estimate of drug-likeness (QED) is 0.514. The van der Waals surface area contributed by atoms with Gasteiger partial charge in [0.25, 0.3) is 0 Å². The molecule has 1 heterocycles. The summed E-state index contributed by atoms with van der Waals surface area (Å²) in [7, 11) is -2.92. The zero-order valence-electron chi connectivity index (χ0n) is 10.0. The first-order chi connectivity index (χ1) is 8.59. The molecule has 1 rings (SSSR count). The van der Waals surface area contributed by atoms with Crippen LogP contribution in [-0.2, 0) is 15.9 Å². The monoisotopic (exact) mass is 294 g/mol. The molecule has 2 unspecified atom stereocenters. The molecule has 0 fully saturated rings. The fourth-order valence-electron chi connectivity index (χ4n) is 1.38. The molecule has 104 valence electrons. The minimum atomic E-state index is -4.69. The van der Waals surface area contributed by atoms with Crippen LogP contribution in [0.15, 0.2) is 22.7 Å². The van der Waals surface area contributed by atoms with Crippen LogP contribution in [-0.4, -0.2) is 15.7 Å². The Balaban J connectivity index is 3.28. The molecule has 9 heteroatoms. The van der Waals surface area contributed by atoms with Gasteiger partial charge in [-0.2, -0.15) is 18.4 Å². The molecular weight excluding hydrogens is 283 g/mol. The molecule has 1 aromatic rings. The maximum Gasteiger partial charge on any atom is 0.482 e. The topological polar surface area (TPSA) is 77.3 Å². The zero-order chi connectivity index (χ0) is 14.8. The summed E-state index contributed by atoms with van der Waals surface area (Å²) >= 11 is 0. The van der Waals surface area contributed by atoms with Crippen molar-refractivity contribution in [2.75, 3.05) is 6.26 Å². The third kappa shape index (κ3) is 3.35. The van der Waals surface area contributed by atoms with Crippen molar-refractivity contribution in [2.24, 2.45) is 4.36 Å². The Kier molecular flexibility index (Phi) is 4.05. The van der Waals surface area contributed by atoms with Crippen molar-refractivity contribution in [1.82, 2.24) is 0 Å². The van der Waals surface area contributed by atoms with E-state index in [1.807, 2.05) is 0 Å². The molecule has 1 N–H and O–H groups in total. The Hall–Kier alpha value is -1.82. The second-order valence-electron chi connectivity index (χ2n) is 3.88. The van der Waals surface area contributed by atoms with E-state index in [9.17, 15) is 22.6 Å². The van der Waals surface area contributed by atoms with Gasteiger partial charge in [-0.25, -0.2) is 4.21 Å². The summed E-state index contributed by atoms with van der Waals surface area (Å²) in [5.41, 5.74) is -1.06. The highest BCUT2D eigenvalue weighted by Crippen LogP contribution is 2.28. The predicted octanol–water partition coefficient (Wildman–Crippen LogP) is 1.87. The second kappa shape index (κ2) is 5.05. The summed E-state index contributed by atoms with van der Waals surface area (Å²) < 4.78 is 52.5. The van der Waals surface area contributed by atoms with Crippen molar-refractivity contribution >= 4 is 9.73 Å². The molecule has 5 nitrogen and oxygen atoms in total. The first-order valence-corrected chi connectivity index (χ1v) is 6.99.